The highest BCUT2D eigenvalue weighted by atomic mass is 16.6. The van der Waals surface area contributed by atoms with Crippen LogP contribution in [0.25, 0.3) is 0 Å². The van der Waals surface area contributed by atoms with Crippen molar-refractivity contribution in [3.05, 3.63) is 63.7 Å². The van der Waals surface area contributed by atoms with Crippen LogP contribution in [0.4, 0.5) is 11.4 Å². The number of carbonyl (C=O) groups is 1. The van der Waals surface area contributed by atoms with E-state index in [0.29, 0.717) is 12.2 Å². The molecule has 1 N–H and O–H groups in total. The fraction of sp³-hybridized carbons (Fsp3) is 0.381. The highest BCUT2D eigenvalue weighted by Crippen LogP contribution is 2.26. The fourth-order valence-corrected chi connectivity index (χ4v) is 3.77. The zero-order valence-electron chi connectivity index (χ0n) is 16.2. The van der Waals surface area contributed by atoms with E-state index in [-0.39, 0.29) is 11.6 Å². The van der Waals surface area contributed by atoms with Crippen LogP contribution >= 0.6 is 0 Å². The molecule has 0 saturated carbocycles. The monoisotopic (exact) mass is 396 g/mol. The van der Waals surface area contributed by atoms with Gasteiger partial charge in [0.05, 0.1) is 18.1 Å². The molecule has 0 aliphatic carbocycles. The maximum Gasteiger partial charge on any atom is 0.269 e. The predicted molar refractivity (Wildman–Crippen MR) is 109 cm³/mol. The predicted octanol–water partition coefficient (Wildman–Crippen LogP) is 2.29. The lowest BCUT2D eigenvalue weighted by molar-refractivity contribution is -0.384. The summed E-state index contributed by atoms with van der Waals surface area (Å²) in [6.45, 7) is 5.51. The average Bonchev–Trinajstić information content (AvgIpc) is 3.18. The summed E-state index contributed by atoms with van der Waals surface area (Å²) in [5.41, 5.74) is 3.18. The first-order valence-electron chi connectivity index (χ1n) is 9.80. The van der Waals surface area contributed by atoms with Crippen molar-refractivity contribution in [2.45, 2.75) is 13.0 Å². The number of nitro benzene ring substituents is 1. The number of hydrogen-bond acceptors (Lipinski definition) is 6. The van der Waals surface area contributed by atoms with Gasteiger partial charge >= 0.3 is 0 Å². The number of nitrogens with zero attached hydrogens (tertiary/aromatic N) is 3. The van der Waals surface area contributed by atoms with Crippen LogP contribution in [0.5, 0.6) is 5.75 Å². The van der Waals surface area contributed by atoms with E-state index in [0.717, 1.165) is 51.5 Å². The van der Waals surface area contributed by atoms with E-state index in [1.807, 2.05) is 0 Å². The zero-order chi connectivity index (χ0) is 20.2. The van der Waals surface area contributed by atoms with Gasteiger partial charge in [0.15, 0.2) is 0 Å². The lowest BCUT2D eigenvalue weighted by Gasteiger charge is -2.34. The summed E-state index contributed by atoms with van der Waals surface area (Å²) in [5.74, 6) is 0.906. The number of fused-ring (bicyclic) bond motifs is 1. The number of anilines is 1. The Labute approximate surface area is 169 Å². The summed E-state index contributed by atoms with van der Waals surface area (Å²) in [4.78, 5) is 27.0. The van der Waals surface area contributed by atoms with Crippen molar-refractivity contribution in [2.24, 2.45) is 0 Å². The number of hydrogen-bond donors (Lipinski definition) is 1. The Morgan fingerprint density at radius 2 is 1.79 bits per heavy atom. The summed E-state index contributed by atoms with van der Waals surface area (Å²) in [7, 11) is 0. The second-order valence-corrected chi connectivity index (χ2v) is 7.44. The van der Waals surface area contributed by atoms with Gasteiger partial charge in [-0.25, -0.2) is 0 Å². The van der Waals surface area contributed by atoms with Crippen LogP contribution in [0.15, 0.2) is 42.5 Å². The maximum absolute atomic E-state index is 12.3. The second kappa shape index (κ2) is 8.59. The van der Waals surface area contributed by atoms with Crippen LogP contribution < -0.4 is 10.1 Å². The molecule has 152 valence electrons. The van der Waals surface area contributed by atoms with E-state index in [2.05, 4.69) is 33.3 Å². The van der Waals surface area contributed by atoms with Crippen molar-refractivity contribution in [3.8, 4) is 5.75 Å². The number of amides is 1. The Morgan fingerprint density at radius 3 is 2.52 bits per heavy atom. The van der Waals surface area contributed by atoms with Crippen molar-refractivity contribution < 1.29 is 14.5 Å². The first-order chi connectivity index (χ1) is 14.1. The van der Waals surface area contributed by atoms with Gasteiger partial charge < -0.3 is 10.1 Å². The summed E-state index contributed by atoms with van der Waals surface area (Å²) >= 11 is 0. The Balaban J connectivity index is 1.22. The largest absolute Gasteiger partial charge is 0.493 e. The Morgan fingerprint density at radius 1 is 1.07 bits per heavy atom. The Hall–Kier alpha value is -2.97. The van der Waals surface area contributed by atoms with Gasteiger partial charge in [0.25, 0.3) is 5.69 Å². The topological polar surface area (TPSA) is 88.0 Å². The Kier molecular flexibility index (Phi) is 5.73. The minimum absolute atomic E-state index is 0.00928. The molecule has 0 spiro atoms. The third-order valence-corrected chi connectivity index (χ3v) is 5.35. The molecule has 2 aliphatic rings. The quantitative estimate of drug-likeness (QED) is 0.595. The highest BCUT2D eigenvalue weighted by Gasteiger charge is 2.20. The zero-order valence-corrected chi connectivity index (χ0v) is 16.2. The molecule has 1 saturated heterocycles. The molecule has 8 heteroatoms. The normalized spacial score (nSPS) is 16.8. The maximum atomic E-state index is 12.3. The minimum atomic E-state index is -0.457. The first kappa shape index (κ1) is 19.4. The van der Waals surface area contributed by atoms with Gasteiger partial charge in [-0.2, -0.15) is 0 Å². The number of benzene rings is 2. The van der Waals surface area contributed by atoms with E-state index in [1.165, 1.54) is 23.3 Å². The molecule has 1 fully saturated rings. The smallest absolute Gasteiger partial charge is 0.269 e. The highest BCUT2D eigenvalue weighted by molar-refractivity contribution is 5.92. The summed E-state index contributed by atoms with van der Waals surface area (Å²) in [5, 5.41) is 13.5. The molecule has 0 bridgehead atoms. The Bertz CT molecular complexity index is 892. The van der Waals surface area contributed by atoms with Crippen molar-refractivity contribution >= 4 is 17.3 Å². The fourth-order valence-electron chi connectivity index (χ4n) is 3.77. The van der Waals surface area contributed by atoms with Crippen LogP contribution in [0.3, 0.4) is 0 Å². The number of non-ortho nitro benzene ring substituents is 1. The molecule has 0 unspecified atom stereocenters. The number of nitrogens with one attached hydrogen (secondary N) is 1. The average molecular weight is 396 g/mol. The molecule has 1 amide bonds. The molecular formula is C21H24N4O4. The first-order valence-corrected chi connectivity index (χ1v) is 9.80. The molecule has 4 rings (SSSR count). The lowest BCUT2D eigenvalue weighted by atomic mass is 10.1. The number of ether oxygens (including phenoxy) is 1. The van der Waals surface area contributed by atoms with Gasteiger partial charge in [-0.05, 0) is 29.3 Å². The van der Waals surface area contributed by atoms with E-state index in [9.17, 15) is 14.9 Å². The summed E-state index contributed by atoms with van der Waals surface area (Å²) < 4.78 is 5.57. The number of carbonyl (C=O) groups excluding carboxylic acids is 1. The lowest BCUT2D eigenvalue weighted by Crippen LogP contribution is -2.48. The van der Waals surface area contributed by atoms with Crippen molar-refractivity contribution in [1.29, 1.82) is 0 Å². The van der Waals surface area contributed by atoms with Crippen LogP contribution in [0.2, 0.25) is 0 Å². The second-order valence-electron chi connectivity index (χ2n) is 7.44. The van der Waals surface area contributed by atoms with E-state index >= 15 is 0 Å². The molecule has 0 aromatic heterocycles. The van der Waals surface area contributed by atoms with Gasteiger partial charge in [-0.1, -0.05) is 12.1 Å². The molecule has 29 heavy (non-hydrogen) atoms. The molecule has 2 aromatic carbocycles. The third kappa shape index (κ3) is 4.90. The van der Waals surface area contributed by atoms with Crippen LogP contribution in [0, 0.1) is 10.1 Å². The van der Waals surface area contributed by atoms with Crippen LogP contribution in [-0.4, -0.2) is 60.0 Å². The molecule has 2 aliphatic heterocycles. The molecular weight excluding hydrogens is 372 g/mol. The van der Waals surface area contributed by atoms with Crippen molar-refractivity contribution in [3.63, 3.8) is 0 Å². The van der Waals surface area contributed by atoms with Gasteiger partial charge in [-0.3, -0.25) is 24.7 Å². The molecule has 0 radical (unpaired) electrons. The molecule has 2 aromatic rings. The standard InChI is InChI=1S/C21H24N4O4/c26-21(22-18-2-4-19(5-3-18)25(27)28)15-24-10-8-23(9-11-24)14-16-1-6-20-17(13-16)7-12-29-20/h1-6,13H,7-12,14-15H2,(H,22,26). The van der Waals surface area contributed by atoms with Crippen LogP contribution in [-0.2, 0) is 17.8 Å². The van der Waals surface area contributed by atoms with Gasteiger partial charge in [0.1, 0.15) is 5.75 Å². The number of nitro groups is 1. The SMILES string of the molecule is O=C(CN1CCN(Cc2ccc3c(c2)CCO3)CC1)Nc1ccc([N+](=O)[O-])cc1. The van der Waals surface area contributed by atoms with E-state index < -0.39 is 4.92 Å². The molecule has 2 heterocycles. The summed E-state index contributed by atoms with van der Waals surface area (Å²) in [6.07, 6.45) is 0.987. The molecule has 8 nitrogen and oxygen atoms in total. The van der Waals surface area contributed by atoms with Crippen molar-refractivity contribution in [2.75, 3.05) is 44.6 Å². The number of rotatable bonds is 6. The van der Waals surface area contributed by atoms with Gasteiger partial charge in [-0.15, -0.1) is 0 Å². The summed E-state index contributed by atoms with van der Waals surface area (Å²) in [6, 6.07) is 12.3. The minimum Gasteiger partial charge on any atom is -0.493 e. The van der Waals surface area contributed by atoms with Crippen molar-refractivity contribution in [1.82, 2.24) is 9.80 Å². The van der Waals surface area contributed by atoms with E-state index in [4.69, 9.17) is 4.74 Å². The molecule has 0 atom stereocenters. The van der Waals surface area contributed by atoms with Gasteiger partial charge in [0.2, 0.25) is 5.91 Å². The number of piperazine rings is 1. The van der Waals surface area contributed by atoms with E-state index in [1.54, 1.807) is 12.1 Å². The van der Waals surface area contributed by atoms with Crippen LogP contribution in [0.1, 0.15) is 11.1 Å². The van der Waals surface area contributed by atoms with Gasteiger partial charge in [0, 0.05) is 57.0 Å². The third-order valence-electron chi connectivity index (χ3n) is 5.35.